The van der Waals surface area contributed by atoms with Crippen LogP contribution in [-0.4, -0.2) is 19.2 Å². The molecule has 0 saturated carbocycles. The molecule has 0 saturated heterocycles. The zero-order valence-electron chi connectivity index (χ0n) is 13.4. The maximum absolute atomic E-state index is 12.6. The molecule has 140 valence electrons. The zero-order chi connectivity index (χ0) is 19.2. The maximum Gasteiger partial charge on any atom is 0.416 e. The Morgan fingerprint density at radius 3 is 2.65 bits per heavy atom. The molecular formula is C17H15BrClF3N2O2. The van der Waals surface area contributed by atoms with Gasteiger partial charge in [-0.2, -0.15) is 13.2 Å². The van der Waals surface area contributed by atoms with Gasteiger partial charge < -0.3 is 15.4 Å². The molecule has 2 rings (SSSR count). The highest BCUT2D eigenvalue weighted by molar-refractivity contribution is 9.10. The van der Waals surface area contributed by atoms with Crippen molar-refractivity contribution in [1.29, 1.82) is 0 Å². The van der Waals surface area contributed by atoms with Gasteiger partial charge in [-0.25, -0.2) is 4.79 Å². The SMILES string of the molecule is O=C(NCCCOc1ccc(Br)cc1Cl)Nc1cccc(C(F)(F)F)c1. The van der Waals surface area contributed by atoms with Gasteiger partial charge in [0.05, 0.1) is 17.2 Å². The molecule has 2 amide bonds. The van der Waals surface area contributed by atoms with E-state index in [1.807, 2.05) is 0 Å². The number of halogens is 5. The van der Waals surface area contributed by atoms with Crippen LogP contribution in [0.4, 0.5) is 23.7 Å². The fourth-order valence-electron chi connectivity index (χ4n) is 2.00. The largest absolute Gasteiger partial charge is 0.492 e. The Balaban J connectivity index is 1.72. The molecule has 0 heterocycles. The molecule has 0 fully saturated rings. The summed E-state index contributed by atoms with van der Waals surface area (Å²) in [5.74, 6) is 0.531. The number of carbonyl (C=O) groups excluding carboxylic acids is 1. The van der Waals surface area contributed by atoms with Crippen LogP contribution in [0, 0.1) is 0 Å². The van der Waals surface area contributed by atoms with Crippen LogP contribution in [0.25, 0.3) is 0 Å². The molecule has 0 unspecified atom stereocenters. The Hall–Kier alpha value is -1.93. The number of amides is 2. The standard InChI is InChI=1S/C17H15BrClF3N2O2/c18-12-5-6-15(14(19)10-12)26-8-2-7-23-16(25)24-13-4-1-3-11(9-13)17(20,21)22/h1,3-6,9-10H,2,7-8H2,(H2,23,24,25). The first kappa shape index (κ1) is 20.4. The molecule has 0 atom stereocenters. The summed E-state index contributed by atoms with van der Waals surface area (Å²) in [6.45, 7) is 0.615. The monoisotopic (exact) mass is 450 g/mol. The fraction of sp³-hybridized carbons (Fsp3) is 0.235. The van der Waals surface area contributed by atoms with E-state index in [0.29, 0.717) is 30.3 Å². The molecule has 2 aromatic carbocycles. The Morgan fingerprint density at radius 1 is 1.19 bits per heavy atom. The topological polar surface area (TPSA) is 50.4 Å². The number of alkyl halides is 3. The number of nitrogens with one attached hydrogen (secondary N) is 2. The molecule has 0 aliphatic carbocycles. The van der Waals surface area contributed by atoms with Crippen molar-refractivity contribution >= 4 is 39.2 Å². The Morgan fingerprint density at radius 2 is 1.96 bits per heavy atom. The van der Waals surface area contributed by atoms with E-state index in [1.54, 1.807) is 18.2 Å². The quantitative estimate of drug-likeness (QED) is 0.553. The van der Waals surface area contributed by atoms with Crippen LogP contribution in [0.3, 0.4) is 0 Å². The van der Waals surface area contributed by atoms with Gasteiger partial charge in [0.2, 0.25) is 0 Å². The van der Waals surface area contributed by atoms with Crippen molar-refractivity contribution in [3.8, 4) is 5.75 Å². The van der Waals surface area contributed by atoms with Crippen LogP contribution < -0.4 is 15.4 Å². The van der Waals surface area contributed by atoms with Crippen LogP contribution in [0.2, 0.25) is 5.02 Å². The molecule has 9 heteroatoms. The predicted molar refractivity (Wildman–Crippen MR) is 97.7 cm³/mol. The van der Waals surface area contributed by atoms with Gasteiger partial charge in [-0.1, -0.05) is 33.6 Å². The number of anilines is 1. The average molecular weight is 452 g/mol. The number of benzene rings is 2. The summed E-state index contributed by atoms with van der Waals surface area (Å²) in [6.07, 6.45) is -3.96. The van der Waals surface area contributed by atoms with Crippen molar-refractivity contribution in [2.45, 2.75) is 12.6 Å². The van der Waals surface area contributed by atoms with Gasteiger partial charge in [0.1, 0.15) is 5.75 Å². The van der Waals surface area contributed by atoms with Crippen LogP contribution >= 0.6 is 27.5 Å². The van der Waals surface area contributed by atoms with E-state index in [-0.39, 0.29) is 5.69 Å². The van der Waals surface area contributed by atoms with E-state index in [2.05, 4.69) is 26.6 Å². The lowest BCUT2D eigenvalue weighted by Gasteiger charge is -2.11. The average Bonchev–Trinajstić information content (AvgIpc) is 2.56. The first-order valence-electron chi connectivity index (χ1n) is 7.55. The highest BCUT2D eigenvalue weighted by Gasteiger charge is 2.30. The fourth-order valence-corrected chi connectivity index (χ4v) is 2.73. The highest BCUT2D eigenvalue weighted by atomic mass is 79.9. The molecule has 4 nitrogen and oxygen atoms in total. The van der Waals surface area contributed by atoms with Gasteiger partial charge >= 0.3 is 12.2 Å². The van der Waals surface area contributed by atoms with Crippen molar-refractivity contribution in [2.75, 3.05) is 18.5 Å². The summed E-state index contributed by atoms with van der Waals surface area (Å²) in [5.41, 5.74) is -0.759. The summed E-state index contributed by atoms with van der Waals surface area (Å²) >= 11 is 9.30. The van der Waals surface area contributed by atoms with Gasteiger partial charge in [-0.3, -0.25) is 0 Å². The second-order valence-electron chi connectivity index (χ2n) is 5.24. The third-order valence-electron chi connectivity index (χ3n) is 3.21. The minimum absolute atomic E-state index is 0.0650. The molecule has 0 bridgehead atoms. The lowest BCUT2D eigenvalue weighted by atomic mass is 10.2. The number of hydrogen-bond acceptors (Lipinski definition) is 2. The lowest BCUT2D eigenvalue weighted by molar-refractivity contribution is -0.137. The summed E-state index contributed by atoms with van der Waals surface area (Å²) in [6, 6.07) is 9.05. The van der Waals surface area contributed by atoms with Crippen molar-refractivity contribution in [3.05, 3.63) is 57.5 Å². The summed E-state index contributed by atoms with van der Waals surface area (Å²) < 4.78 is 44.2. The Kier molecular flexibility index (Phi) is 7.16. The smallest absolute Gasteiger partial charge is 0.416 e. The minimum atomic E-state index is -4.46. The van der Waals surface area contributed by atoms with Crippen LogP contribution in [0.5, 0.6) is 5.75 Å². The number of urea groups is 1. The summed E-state index contributed by atoms with van der Waals surface area (Å²) in [4.78, 5) is 11.7. The zero-order valence-corrected chi connectivity index (χ0v) is 15.7. The first-order chi connectivity index (χ1) is 12.3. The predicted octanol–water partition coefficient (Wildman–Crippen LogP) is 5.71. The maximum atomic E-state index is 12.6. The molecule has 26 heavy (non-hydrogen) atoms. The van der Waals surface area contributed by atoms with Gasteiger partial charge in [0, 0.05) is 16.7 Å². The van der Waals surface area contributed by atoms with E-state index in [1.165, 1.54) is 12.1 Å². The van der Waals surface area contributed by atoms with E-state index >= 15 is 0 Å². The number of hydrogen-bond donors (Lipinski definition) is 2. The number of carbonyl (C=O) groups is 1. The third kappa shape index (κ3) is 6.42. The molecule has 0 radical (unpaired) electrons. The van der Waals surface area contributed by atoms with Crippen LogP contribution in [-0.2, 0) is 6.18 Å². The number of ether oxygens (including phenoxy) is 1. The van der Waals surface area contributed by atoms with Crippen LogP contribution in [0.15, 0.2) is 46.9 Å². The second-order valence-corrected chi connectivity index (χ2v) is 6.56. The van der Waals surface area contributed by atoms with Crippen molar-refractivity contribution < 1.29 is 22.7 Å². The van der Waals surface area contributed by atoms with Crippen molar-refractivity contribution in [3.63, 3.8) is 0 Å². The first-order valence-corrected chi connectivity index (χ1v) is 8.73. The van der Waals surface area contributed by atoms with Crippen LogP contribution in [0.1, 0.15) is 12.0 Å². The normalized spacial score (nSPS) is 11.1. The van der Waals surface area contributed by atoms with Gasteiger partial charge in [0.25, 0.3) is 0 Å². The highest BCUT2D eigenvalue weighted by Crippen LogP contribution is 2.30. The molecular weight excluding hydrogens is 437 g/mol. The third-order valence-corrected chi connectivity index (χ3v) is 3.99. The Bertz CT molecular complexity index is 772. The second kappa shape index (κ2) is 9.14. The summed E-state index contributed by atoms with van der Waals surface area (Å²) in [5, 5.41) is 5.38. The number of rotatable bonds is 6. The van der Waals surface area contributed by atoms with E-state index in [4.69, 9.17) is 16.3 Å². The van der Waals surface area contributed by atoms with Crippen molar-refractivity contribution in [1.82, 2.24) is 5.32 Å². The molecule has 0 aromatic heterocycles. The summed E-state index contributed by atoms with van der Waals surface area (Å²) in [7, 11) is 0. The lowest BCUT2D eigenvalue weighted by Crippen LogP contribution is -2.30. The van der Waals surface area contributed by atoms with Crippen molar-refractivity contribution in [2.24, 2.45) is 0 Å². The van der Waals surface area contributed by atoms with E-state index in [9.17, 15) is 18.0 Å². The van der Waals surface area contributed by atoms with Gasteiger partial charge in [0.15, 0.2) is 0 Å². The molecule has 0 aliphatic heterocycles. The van der Waals surface area contributed by atoms with Gasteiger partial charge in [-0.15, -0.1) is 0 Å². The van der Waals surface area contributed by atoms with Gasteiger partial charge in [-0.05, 0) is 42.8 Å². The molecule has 2 aromatic rings. The van der Waals surface area contributed by atoms with E-state index < -0.39 is 17.8 Å². The van der Waals surface area contributed by atoms with E-state index in [0.717, 1.165) is 16.6 Å². The molecule has 2 N–H and O–H groups in total. The molecule has 0 aliphatic rings. The Labute approximate surface area is 161 Å². The molecule has 0 spiro atoms. The minimum Gasteiger partial charge on any atom is -0.492 e.